The van der Waals surface area contributed by atoms with Crippen molar-refractivity contribution < 1.29 is 4.79 Å². The molecule has 1 amide bonds. The van der Waals surface area contributed by atoms with Gasteiger partial charge in [-0.05, 0) is 51.1 Å². The maximum absolute atomic E-state index is 12.6. The van der Waals surface area contributed by atoms with Crippen LogP contribution in [0.3, 0.4) is 0 Å². The van der Waals surface area contributed by atoms with Crippen molar-refractivity contribution in [1.82, 2.24) is 30.2 Å². The molecule has 0 bridgehead atoms. The Hall–Kier alpha value is -2.80. The van der Waals surface area contributed by atoms with E-state index < -0.39 is 0 Å². The fourth-order valence-corrected chi connectivity index (χ4v) is 4.00. The quantitative estimate of drug-likeness (QED) is 0.714. The number of benzene rings is 1. The number of nitrogens with zero attached hydrogens (tertiary/aromatic N) is 5. The second kappa shape index (κ2) is 8.06. The van der Waals surface area contributed by atoms with E-state index in [1.807, 2.05) is 37.3 Å². The fraction of sp³-hybridized carbons (Fsp3) is 0.429. The molecular weight excluding hydrogens is 352 g/mol. The minimum absolute atomic E-state index is 0.179. The predicted molar refractivity (Wildman–Crippen MR) is 109 cm³/mol. The van der Waals surface area contributed by atoms with Crippen LogP contribution in [-0.4, -0.2) is 57.0 Å². The average molecular weight is 378 g/mol. The van der Waals surface area contributed by atoms with Crippen LogP contribution in [0.1, 0.15) is 41.9 Å². The Bertz CT molecular complexity index is 971. The molecule has 0 unspecified atom stereocenters. The predicted octanol–water partition coefficient (Wildman–Crippen LogP) is 2.73. The number of likely N-dealkylation sites (N-methyl/N-ethyl adjacent to an activating group) is 1. The number of pyridine rings is 1. The molecule has 1 aromatic carbocycles. The van der Waals surface area contributed by atoms with Crippen LogP contribution < -0.4 is 5.32 Å². The Morgan fingerprint density at radius 3 is 2.89 bits per heavy atom. The first-order valence-electron chi connectivity index (χ1n) is 9.90. The highest BCUT2D eigenvalue weighted by molar-refractivity contribution is 5.94. The van der Waals surface area contributed by atoms with E-state index in [4.69, 9.17) is 0 Å². The molecule has 0 spiro atoms. The minimum Gasteiger partial charge on any atom is -0.349 e. The number of hydrogen-bond donors (Lipinski definition) is 1. The molecule has 0 saturated heterocycles. The summed E-state index contributed by atoms with van der Waals surface area (Å²) in [6, 6.07) is 10.4. The summed E-state index contributed by atoms with van der Waals surface area (Å²) >= 11 is 0. The van der Waals surface area contributed by atoms with Gasteiger partial charge in [0, 0.05) is 30.7 Å². The second-order valence-corrected chi connectivity index (χ2v) is 7.46. The van der Waals surface area contributed by atoms with E-state index >= 15 is 0 Å². The molecule has 2 aromatic heterocycles. The lowest BCUT2D eigenvalue weighted by Gasteiger charge is -2.23. The van der Waals surface area contributed by atoms with Crippen LogP contribution in [0, 0.1) is 6.92 Å². The van der Waals surface area contributed by atoms with Gasteiger partial charge in [-0.3, -0.25) is 9.78 Å². The van der Waals surface area contributed by atoms with E-state index in [0.29, 0.717) is 18.3 Å². The lowest BCUT2D eigenvalue weighted by Crippen LogP contribution is -2.37. The van der Waals surface area contributed by atoms with Gasteiger partial charge in [-0.15, -0.1) is 5.10 Å². The van der Waals surface area contributed by atoms with Gasteiger partial charge in [0.2, 0.25) is 0 Å². The summed E-state index contributed by atoms with van der Waals surface area (Å²) < 4.78 is 1.71. The van der Waals surface area contributed by atoms with E-state index in [9.17, 15) is 4.79 Å². The molecule has 0 aliphatic heterocycles. The molecule has 0 radical (unpaired) electrons. The van der Waals surface area contributed by atoms with Crippen molar-refractivity contribution in [2.24, 2.45) is 0 Å². The van der Waals surface area contributed by atoms with E-state index in [0.717, 1.165) is 28.8 Å². The lowest BCUT2D eigenvalue weighted by molar-refractivity contribution is 0.0941. The largest absolute Gasteiger partial charge is 0.349 e. The molecule has 4 rings (SSSR count). The smallest absolute Gasteiger partial charge is 0.273 e. The van der Waals surface area contributed by atoms with Gasteiger partial charge in [0.05, 0.1) is 16.9 Å². The molecule has 1 aliphatic rings. The number of amides is 1. The van der Waals surface area contributed by atoms with Crippen LogP contribution >= 0.6 is 0 Å². The van der Waals surface area contributed by atoms with Gasteiger partial charge < -0.3 is 10.2 Å². The van der Waals surface area contributed by atoms with E-state index in [-0.39, 0.29) is 5.91 Å². The Kier molecular flexibility index (Phi) is 5.34. The Labute approximate surface area is 164 Å². The summed E-state index contributed by atoms with van der Waals surface area (Å²) in [6.45, 7) is 3.32. The van der Waals surface area contributed by atoms with Gasteiger partial charge in [0.25, 0.3) is 5.91 Å². The Morgan fingerprint density at radius 2 is 2.07 bits per heavy atom. The molecule has 0 atom stereocenters. The first kappa shape index (κ1) is 18.6. The normalized spacial score (nSPS) is 14.8. The van der Waals surface area contributed by atoms with Crippen molar-refractivity contribution in [2.45, 2.75) is 38.6 Å². The number of nitrogens with one attached hydrogen (secondary N) is 1. The Morgan fingerprint density at radius 1 is 1.25 bits per heavy atom. The third-order valence-electron chi connectivity index (χ3n) is 5.66. The molecule has 1 fully saturated rings. The maximum Gasteiger partial charge on any atom is 0.273 e. The van der Waals surface area contributed by atoms with E-state index in [2.05, 4.69) is 32.6 Å². The number of aromatic nitrogens is 4. The average Bonchev–Trinajstić information content (AvgIpc) is 3.37. The summed E-state index contributed by atoms with van der Waals surface area (Å²) in [7, 11) is 2.14. The molecular formula is C21H26N6O. The van der Waals surface area contributed by atoms with Crippen LogP contribution in [-0.2, 0) is 0 Å². The zero-order valence-electron chi connectivity index (χ0n) is 16.4. The number of rotatable bonds is 6. The van der Waals surface area contributed by atoms with E-state index in [1.54, 1.807) is 10.9 Å². The first-order valence-corrected chi connectivity index (χ1v) is 9.90. The third-order valence-corrected chi connectivity index (χ3v) is 5.66. The highest BCUT2D eigenvalue weighted by Crippen LogP contribution is 2.23. The van der Waals surface area contributed by atoms with Gasteiger partial charge in [0.15, 0.2) is 5.69 Å². The molecule has 2 heterocycles. The molecule has 7 nitrogen and oxygen atoms in total. The number of carbonyl (C=O) groups is 1. The zero-order valence-corrected chi connectivity index (χ0v) is 16.4. The van der Waals surface area contributed by atoms with Gasteiger partial charge in [-0.1, -0.05) is 24.1 Å². The topological polar surface area (TPSA) is 75.9 Å². The molecule has 3 aromatic rings. The van der Waals surface area contributed by atoms with E-state index in [1.165, 1.54) is 25.7 Å². The van der Waals surface area contributed by atoms with Crippen LogP contribution in [0.5, 0.6) is 0 Å². The molecule has 1 N–H and O–H groups in total. The highest BCUT2D eigenvalue weighted by Gasteiger charge is 2.21. The summed E-state index contributed by atoms with van der Waals surface area (Å²) in [5.41, 5.74) is 2.84. The number of carbonyl (C=O) groups excluding carboxylic acids is 1. The maximum atomic E-state index is 12.6. The monoisotopic (exact) mass is 378 g/mol. The summed E-state index contributed by atoms with van der Waals surface area (Å²) in [5.74, 6) is -0.179. The molecule has 7 heteroatoms. The van der Waals surface area contributed by atoms with Crippen molar-refractivity contribution in [3.05, 3.63) is 47.9 Å². The molecule has 146 valence electrons. The molecule has 1 saturated carbocycles. The second-order valence-electron chi connectivity index (χ2n) is 7.46. The van der Waals surface area contributed by atoms with Crippen molar-refractivity contribution in [3.63, 3.8) is 0 Å². The summed E-state index contributed by atoms with van der Waals surface area (Å²) in [4.78, 5) is 19.3. The molecule has 1 aliphatic carbocycles. The fourth-order valence-electron chi connectivity index (χ4n) is 4.00. The number of fused-ring (bicyclic) bond motifs is 1. The third kappa shape index (κ3) is 3.62. The highest BCUT2D eigenvalue weighted by atomic mass is 16.2. The van der Waals surface area contributed by atoms with Crippen molar-refractivity contribution >= 4 is 16.8 Å². The minimum atomic E-state index is -0.179. The van der Waals surface area contributed by atoms with Crippen LogP contribution in [0.25, 0.3) is 16.6 Å². The summed E-state index contributed by atoms with van der Waals surface area (Å²) in [6.07, 6.45) is 6.91. The van der Waals surface area contributed by atoms with Crippen molar-refractivity contribution in [2.75, 3.05) is 20.1 Å². The SMILES string of the molecule is Cc1c(C(=O)NCCN(C)C2CCCC2)nnn1-c1cccc2ncccc12. The zero-order chi connectivity index (χ0) is 19.5. The van der Waals surface area contributed by atoms with Crippen LogP contribution in [0.2, 0.25) is 0 Å². The van der Waals surface area contributed by atoms with Crippen molar-refractivity contribution in [1.29, 1.82) is 0 Å². The van der Waals surface area contributed by atoms with Gasteiger partial charge in [-0.2, -0.15) is 0 Å². The first-order chi connectivity index (χ1) is 13.6. The molecule has 28 heavy (non-hydrogen) atoms. The Balaban J connectivity index is 1.46. The number of hydrogen-bond acceptors (Lipinski definition) is 5. The van der Waals surface area contributed by atoms with Crippen molar-refractivity contribution in [3.8, 4) is 5.69 Å². The van der Waals surface area contributed by atoms with Crippen LogP contribution in [0.15, 0.2) is 36.5 Å². The van der Waals surface area contributed by atoms with Crippen LogP contribution in [0.4, 0.5) is 0 Å². The lowest BCUT2D eigenvalue weighted by atomic mass is 10.2. The van der Waals surface area contributed by atoms with Gasteiger partial charge >= 0.3 is 0 Å². The summed E-state index contributed by atoms with van der Waals surface area (Å²) in [5, 5.41) is 12.3. The standard InChI is InChI=1S/C21H26N6O/c1-15-20(21(28)23-13-14-26(2)16-7-3-4-8-16)24-25-27(15)19-11-5-10-18-17(19)9-6-12-22-18/h5-6,9-12,16H,3-4,7-8,13-14H2,1-2H3,(H,23,28). The van der Waals surface area contributed by atoms with Gasteiger partial charge in [-0.25, -0.2) is 4.68 Å². The van der Waals surface area contributed by atoms with Gasteiger partial charge in [0.1, 0.15) is 0 Å².